The lowest BCUT2D eigenvalue weighted by Crippen LogP contribution is -2.20. The number of aromatic nitrogens is 4. The van der Waals surface area contributed by atoms with Crippen LogP contribution in [0.25, 0.3) is 16.9 Å². The Kier molecular flexibility index (Phi) is 4.13. The Morgan fingerprint density at radius 1 is 1.25 bits per heavy atom. The minimum Gasteiger partial charge on any atom is -0.497 e. The van der Waals surface area contributed by atoms with Crippen molar-refractivity contribution in [3.05, 3.63) is 42.5 Å². The maximum absolute atomic E-state index is 5.58. The number of nitrogens with zero attached hydrogens (tertiary/aromatic N) is 4. The first kappa shape index (κ1) is 15.1. The molecule has 0 aliphatic carbocycles. The van der Waals surface area contributed by atoms with E-state index in [-0.39, 0.29) is 0 Å². The third kappa shape index (κ3) is 2.97. The lowest BCUT2D eigenvalue weighted by molar-refractivity contribution is 0.0542. The van der Waals surface area contributed by atoms with Crippen molar-refractivity contribution in [3.8, 4) is 17.0 Å². The molecule has 1 aromatic carbocycles. The second-order valence-electron chi connectivity index (χ2n) is 6.13. The average molecular weight is 324 g/mol. The number of benzene rings is 1. The SMILES string of the molecule is COc1ccc(-c2cn3c(CC4CCCOC4)nnc3cn2)cc1. The predicted octanol–water partition coefficient (Wildman–Crippen LogP) is 2.77. The summed E-state index contributed by atoms with van der Waals surface area (Å²) < 4.78 is 12.8. The lowest BCUT2D eigenvalue weighted by atomic mass is 9.98. The Morgan fingerprint density at radius 3 is 2.88 bits per heavy atom. The van der Waals surface area contributed by atoms with E-state index in [9.17, 15) is 0 Å². The van der Waals surface area contributed by atoms with E-state index >= 15 is 0 Å². The van der Waals surface area contributed by atoms with E-state index in [1.807, 2.05) is 34.9 Å². The van der Waals surface area contributed by atoms with Crippen LogP contribution in [0.15, 0.2) is 36.7 Å². The van der Waals surface area contributed by atoms with E-state index in [0.29, 0.717) is 5.92 Å². The van der Waals surface area contributed by atoms with E-state index in [1.165, 1.54) is 6.42 Å². The van der Waals surface area contributed by atoms with Gasteiger partial charge >= 0.3 is 0 Å². The standard InChI is InChI=1S/C18H20N4O2/c1-23-15-6-4-14(5-7-15)16-11-22-17(20-21-18(22)10-19-16)9-13-3-2-8-24-12-13/h4-7,10-11,13H,2-3,8-9,12H2,1H3. The van der Waals surface area contributed by atoms with E-state index in [2.05, 4.69) is 15.2 Å². The molecule has 1 unspecified atom stereocenters. The molecule has 0 radical (unpaired) electrons. The Morgan fingerprint density at radius 2 is 2.12 bits per heavy atom. The maximum Gasteiger partial charge on any atom is 0.179 e. The van der Waals surface area contributed by atoms with Crippen molar-refractivity contribution in [2.24, 2.45) is 5.92 Å². The first-order valence-electron chi connectivity index (χ1n) is 8.25. The molecule has 3 heterocycles. The van der Waals surface area contributed by atoms with Crippen LogP contribution in [0.1, 0.15) is 18.7 Å². The summed E-state index contributed by atoms with van der Waals surface area (Å²) in [7, 11) is 1.66. The summed E-state index contributed by atoms with van der Waals surface area (Å²) in [5.41, 5.74) is 2.71. The summed E-state index contributed by atoms with van der Waals surface area (Å²) in [4.78, 5) is 4.50. The van der Waals surface area contributed by atoms with Crippen LogP contribution in [0.3, 0.4) is 0 Å². The Hall–Kier alpha value is -2.47. The zero-order valence-corrected chi connectivity index (χ0v) is 13.7. The van der Waals surface area contributed by atoms with Crippen LogP contribution in [0.5, 0.6) is 5.75 Å². The van der Waals surface area contributed by atoms with Gasteiger partial charge in [0.1, 0.15) is 11.6 Å². The van der Waals surface area contributed by atoms with Crippen LogP contribution in [-0.4, -0.2) is 39.9 Å². The number of hydrogen-bond donors (Lipinski definition) is 0. The quantitative estimate of drug-likeness (QED) is 0.738. The second kappa shape index (κ2) is 6.57. The van der Waals surface area contributed by atoms with Crippen molar-refractivity contribution in [1.29, 1.82) is 0 Å². The molecular formula is C18H20N4O2. The van der Waals surface area contributed by atoms with E-state index in [4.69, 9.17) is 9.47 Å². The van der Waals surface area contributed by atoms with Gasteiger partial charge < -0.3 is 9.47 Å². The minimum atomic E-state index is 0.517. The highest BCUT2D eigenvalue weighted by molar-refractivity contribution is 5.60. The molecule has 1 fully saturated rings. The zero-order valence-electron chi connectivity index (χ0n) is 13.7. The molecule has 0 bridgehead atoms. The monoisotopic (exact) mass is 324 g/mol. The number of methoxy groups -OCH3 is 1. The van der Waals surface area contributed by atoms with E-state index in [1.54, 1.807) is 13.3 Å². The van der Waals surface area contributed by atoms with Gasteiger partial charge in [-0.3, -0.25) is 9.38 Å². The molecule has 4 rings (SSSR count). The van der Waals surface area contributed by atoms with Crippen LogP contribution < -0.4 is 4.74 Å². The number of ether oxygens (including phenoxy) is 2. The van der Waals surface area contributed by atoms with Crippen LogP contribution in [-0.2, 0) is 11.2 Å². The Bertz CT molecular complexity index is 823. The summed E-state index contributed by atoms with van der Waals surface area (Å²) in [6, 6.07) is 7.89. The van der Waals surface area contributed by atoms with Crippen LogP contribution in [0, 0.1) is 5.92 Å². The first-order chi connectivity index (χ1) is 11.8. The molecule has 0 N–H and O–H groups in total. The first-order valence-corrected chi connectivity index (χ1v) is 8.25. The van der Waals surface area contributed by atoms with Crippen molar-refractivity contribution < 1.29 is 9.47 Å². The largest absolute Gasteiger partial charge is 0.497 e. The fourth-order valence-corrected chi connectivity index (χ4v) is 3.13. The molecule has 0 spiro atoms. The Labute approximate surface area is 140 Å². The highest BCUT2D eigenvalue weighted by Crippen LogP contribution is 2.22. The zero-order chi connectivity index (χ0) is 16.4. The normalized spacial score (nSPS) is 18.0. The van der Waals surface area contributed by atoms with Gasteiger partial charge in [-0.2, -0.15) is 0 Å². The topological polar surface area (TPSA) is 61.5 Å². The summed E-state index contributed by atoms with van der Waals surface area (Å²) in [6.07, 6.45) is 6.97. The summed E-state index contributed by atoms with van der Waals surface area (Å²) in [5.74, 6) is 2.32. The molecule has 24 heavy (non-hydrogen) atoms. The summed E-state index contributed by atoms with van der Waals surface area (Å²) in [5, 5.41) is 8.58. The summed E-state index contributed by atoms with van der Waals surface area (Å²) in [6.45, 7) is 1.69. The molecule has 0 amide bonds. The fourth-order valence-electron chi connectivity index (χ4n) is 3.13. The molecule has 2 aromatic heterocycles. The van der Waals surface area contributed by atoms with Crippen molar-refractivity contribution in [3.63, 3.8) is 0 Å². The highest BCUT2D eigenvalue weighted by atomic mass is 16.5. The molecular weight excluding hydrogens is 304 g/mol. The third-order valence-corrected chi connectivity index (χ3v) is 4.47. The highest BCUT2D eigenvalue weighted by Gasteiger charge is 2.18. The average Bonchev–Trinajstić information content (AvgIpc) is 3.05. The van der Waals surface area contributed by atoms with Gasteiger partial charge in [0.2, 0.25) is 0 Å². The van der Waals surface area contributed by atoms with E-state index < -0.39 is 0 Å². The number of rotatable bonds is 4. The van der Waals surface area contributed by atoms with Gasteiger partial charge in [-0.1, -0.05) is 0 Å². The smallest absolute Gasteiger partial charge is 0.179 e. The van der Waals surface area contributed by atoms with E-state index in [0.717, 1.165) is 54.5 Å². The van der Waals surface area contributed by atoms with Crippen LogP contribution >= 0.6 is 0 Å². The van der Waals surface area contributed by atoms with Gasteiger partial charge in [0.15, 0.2) is 5.65 Å². The van der Waals surface area contributed by atoms with Crippen molar-refractivity contribution in [2.45, 2.75) is 19.3 Å². The second-order valence-corrected chi connectivity index (χ2v) is 6.13. The van der Waals surface area contributed by atoms with Gasteiger partial charge in [0.05, 0.1) is 19.0 Å². The van der Waals surface area contributed by atoms with Crippen molar-refractivity contribution in [1.82, 2.24) is 19.6 Å². The van der Waals surface area contributed by atoms with Crippen LogP contribution in [0.4, 0.5) is 0 Å². The molecule has 1 atom stereocenters. The lowest BCUT2D eigenvalue weighted by Gasteiger charge is -2.21. The molecule has 1 aliphatic heterocycles. The third-order valence-electron chi connectivity index (χ3n) is 4.47. The molecule has 3 aromatic rings. The molecule has 124 valence electrons. The predicted molar refractivity (Wildman–Crippen MR) is 90.0 cm³/mol. The van der Waals surface area contributed by atoms with Gasteiger partial charge in [-0.25, -0.2) is 0 Å². The van der Waals surface area contributed by atoms with Gasteiger partial charge in [-0.05, 0) is 43.0 Å². The molecule has 1 saturated heterocycles. The maximum atomic E-state index is 5.58. The fraction of sp³-hybridized carbons (Fsp3) is 0.389. The minimum absolute atomic E-state index is 0.517. The molecule has 1 aliphatic rings. The van der Waals surface area contributed by atoms with Gasteiger partial charge in [0.25, 0.3) is 0 Å². The molecule has 6 nitrogen and oxygen atoms in total. The van der Waals surface area contributed by atoms with Gasteiger partial charge in [0, 0.05) is 31.4 Å². The molecule has 6 heteroatoms. The molecule has 0 saturated carbocycles. The number of fused-ring (bicyclic) bond motifs is 1. The Balaban J connectivity index is 1.64. The number of hydrogen-bond acceptors (Lipinski definition) is 5. The van der Waals surface area contributed by atoms with Crippen LogP contribution in [0.2, 0.25) is 0 Å². The summed E-state index contributed by atoms with van der Waals surface area (Å²) >= 11 is 0. The van der Waals surface area contributed by atoms with Crippen molar-refractivity contribution in [2.75, 3.05) is 20.3 Å². The van der Waals surface area contributed by atoms with Gasteiger partial charge in [-0.15, -0.1) is 10.2 Å². The van der Waals surface area contributed by atoms with Crippen molar-refractivity contribution >= 4 is 5.65 Å².